The molecular formula is C7H11NS2. The molecule has 1 rings (SSSR count). The lowest BCUT2D eigenvalue weighted by Crippen LogP contribution is -2.17. The molecule has 1 atom stereocenters. The zero-order chi connectivity index (χ0) is 7.40. The van der Waals surface area contributed by atoms with Crippen LogP contribution in [0.4, 0.5) is 0 Å². The van der Waals surface area contributed by atoms with Crippen molar-refractivity contribution in [3.8, 4) is 0 Å². The number of thiophene rings is 1. The van der Waals surface area contributed by atoms with E-state index in [4.69, 9.17) is 5.73 Å². The van der Waals surface area contributed by atoms with E-state index in [0.29, 0.717) is 6.04 Å². The van der Waals surface area contributed by atoms with Gasteiger partial charge >= 0.3 is 0 Å². The molecule has 0 saturated carbocycles. The Balaban J connectivity index is 2.28. The Kier molecular flexibility index (Phi) is 3.25. The zero-order valence-electron chi connectivity index (χ0n) is 5.91. The SMILES string of the molecule is CC(N)CSc1cccs1. The molecule has 1 aromatic rings. The standard InChI is InChI=1S/C7H11NS2/c1-6(8)5-10-7-3-2-4-9-7/h2-4,6H,5,8H2,1H3. The lowest BCUT2D eigenvalue weighted by atomic mass is 10.4. The van der Waals surface area contributed by atoms with Crippen LogP contribution < -0.4 is 5.73 Å². The summed E-state index contributed by atoms with van der Waals surface area (Å²) in [7, 11) is 0. The average Bonchev–Trinajstić information content (AvgIpc) is 2.34. The van der Waals surface area contributed by atoms with Gasteiger partial charge in [-0.25, -0.2) is 0 Å². The fourth-order valence-corrected chi connectivity index (χ4v) is 2.25. The second-order valence-corrected chi connectivity index (χ2v) is 4.49. The fourth-order valence-electron chi connectivity index (χ4n) is 0.559. The van der Waals surface area contributed by atoms with Gasteiger partial charge < -0.3 is 5.73 Å². The van der Waals surface area contributed by atoms with Gasteiger partial charge in [-0.1, -0.05) is 6.07 Å². The van der Waals surface area contributed by atoms with Gasteiger partial charge in [0.15, 0.2) is 0 Å². The first kappa shape index (κ1) is 8.11. The summed E-state index contributed by atoms with van der Waals surface area (Å²) >= 11 is 3.60. The topological polar surface area (TPSA) is 26.0 Å². The summed E-state index contributed by atoms with van der Waals surface area (Å²) in [5, 5.41) is 2.09. The highest BCUT2D eigenvalue weighted by Gasteiger charge is 1.96. The van der Waals surface area contributed by atoms with Gasteiger partial charge in [-0.3, -0.25) is 0 Å². The van der Waals surface area contributed by atoms with Crippen LogP contribution >= 0.6 is 23.1 Å². The number of hydrogen-bond donors (Lipinski definition) is 1. The van der Waals surface area contributed by atoms with Crippen molar-refractivity contribution in [2.75, 3.05) is 5.75 Å². The molecule has 56 valence electrons. The molecule has 0 saturated heterocycles. The minimum atomic E-state index is 0.298. The Labute approximate surface area is 69.6 Å². The van der Waals surface area contributed by atoms with E-state index in [1.54, 1.807) is 11.3 Å². The molecule has 1 aromatic heterocycles. The van der Waals surface area contributed by atoms with Crippen molar-refractivity contribution < 1.29 is 0 Å². The third kappa shape index (κ3) is 2.73. The van der Waals surface area contributed by atoms with E-state index in [9.17, 15) is 0 Å². The van der Waals surface area contributed by atoms with Gasteiger partial charge in [0.1, 0.15) is 0 Å². The van der Waals surface area contributed by atoms with Crippen LogP contribution in [-0.4, -0.2) is 11.8 Å². The van der Waals surface area contributed by atoms with Gasteiger partial charge in [-0.15, -0.1) is 23.1 Å². The van der Waals surface area contributed by atoms with Gasteiger partial charge in [0.05, 0.1) is 4.21 Å². The van der Waals surface area contributed by atoms with Crippen LogP contribution in [0.5, 0.6) is 0 Å². The Bertz CT molecular complexity index is 170. The lowest BCUT2D eigenvalue weighted by molar-refractivity contribution is 0.848. The monoisotopic (exact) mass is 173 g/mol. The first-order valence-corrected chi connectivity index (χ1v) is 5.07. The first-order chi connectivity index (χ1) is 4.79. The van der Waals surface area contributed by atoms with E-state index in [1.807, 2.05) is 18.7 Å². The maximum absolute atomic E-state index is 5.59. The Morgan fingerprint density at radius 3 is 3.10 bits per heavy atom. The summed E-state index contributed by atoms with van der Waals surface area (Å²) in [5.74, 6) is 1.01. The van der Waals surface area contributed by atoms with Crippen molar-refractivity contribution in [2.24, 2.45) is 5.73 Å². The fraction of sp³-hybridized carbons (Fsp3) is 0.429. The maximum Gasteiger partial charge on any atom is 0.0599 e. The number of rotatable bonds is 3. The van der Waals surface area contributed by atoms with E-state index in [2.05, 4.69) is 17.5 Å². The van der Waals surface area contributed by atoms with Crippen molar-refractivity contribution in [3.05, 3.63) is 17.5 Å². The van der Waals surface area contributed by atoms with Crippen molar-refractivity contribution in [2.45, 2.75) is 17.2 Å². The largest absolute Gasteiger partial charge is 0.327 e. The quantitative estimate of drug-likeness (QED) is 0.709. The first-order valence-electron chi connectivity index (χ1n) is 3.21. The van der Waals surface area contributed by atoms with Crippen molar-refractivity contribution >= 4 is 23.1 Å². The predicted molar refractivity (Wildman–Crippen MR) is 48.7 cm³/mol. The zero-order valence-corrected chi connectivity index (χ0v) is 7.54. The molecule has 1 unspecified atom stereocenters. The van der Waals surface area contributed by atoms with E-state index in [1.165, 1.54) is 4.21 Å². The van der Waals surface area contributed by atoms with E-state index >= 15 is 0 Å². The Hall–Kier alpha value is 0.01000. The van der Waals surface area contributed by atoms with Crippen LogP contribution in [0, 0.1) is 0 Å². The van der Waals surface area contributed by atoms with Gasteiger partial charge in [0.25, 0.3) is 0 Å². The molecule has 0 aromatic carbocycles. The molecule has 1 nitrogen and oxygen atoms in total. The van der Waals surface area contributed by atoms with Gasteiger partial charge in [-0.2, -0.15) is 0 Å². The summed E-state index contributed by atoms with van der Waals surface area (Å²) in [4.78, 5) is 0. The molecule has 0 fully saturated rings. The minimum Gasteiger partial charge on any atom is -0.327 e. The highest BCUT2D eigenvalue weighted by atomic mass is 32.2. The van der Waals surface area contributed by atoms with Crippen LogP contribution in [0.2, 0.25) is 0 Å². The average molecular weight is 173 g/mol. The molecular weight excluding hydrogens is 162 g/mol. The number of nitrogens with two attached hydrogens (primary N) is 1. The molecule has 0 spiro atoms. The summed E-state index contributed by atoms with van der Waals surface area (Å²) in [6, 6.07) is 4.48. The van der Waals surface area contributed by atoms with E-state index in [0.717, 1.165) is 5.75 Å². The van der Waals surface area contributed by atoms with Gasteiger partial charge in [-0.05, 0) is 18.4 Å². The van der Waals surface area contributed by atoms with Crippen molar-refractivity contribution in [1.82, 2.24) is 0 Å². The van der Waals surface area contributed by atoms with Gasteiger partial charge in [0.2, 0.25) is 0 Å². The summed E-state index contributed by atoms with van der Waals surface area (Å²) in [6.07, 6.45) is 0. The molecule has 0 aliphatic rings. The molecule has 0 radical (unpaired) electrons. The predicted octanol–water partition coefficient (Wildman–Crippen LogP) is 2.19. The van der Waals surface area contributed by atoms with Crippen LogP contribution in [0.1, 0.15) is 6.92 Å². The van der Waals surface area contributed by atoms with Crippen molar-refractivity contribution in [3.63, 3.8) is 0 Å². The lowest BCUT2D eigenvalue weighted by Gasteiger charge is -2.00. The number of thioether (sulfide) groups is 1. The molecule has 0 bridgehead atoms. The molecule has 1 heterocycles. The van der Waals surface area contributed by atoms with Crippen LogP contribution in [-0.2, 0) is 0 Å². The highest BCUT2D eigenvalue weighted by molar-refractivity contribution is 8.01. The van der Waals surface area contributed by atoms with Crippen LogP contribution in [0.3, 0.4) is 0 Å². The third-order valence-corrected chi connectivity index (χ3v) is 3.40. The summed E-state index contributed by atoms with van der Waals surface area (Å²) in [6.45, 7) is 2.03. The molecule has 0 aliphatic heterocycles. The second-order valence-electron chi connectivity index (χ2n) is 2.22. The second kappa shape index (κ2) is 4.01. The number of hydrogen-bond acceptors (Lipinski definition) is 3. The smallest absolute Gasteiger partial charge is 0.0599 e. The Morgan fingerprint density at radius 2 is 2.60 bits per heavy atom. The van der Waals surface area contributed by atoms with Gasteiger partial charge in [0, 0.05) is 11.8 Å². The molecule has 0 amide bonds. The highest BCUT2D eigenvalue weighted by Crippen LogP contribution is 2.23. The van der Waals surface area contributed by atoms with Crippen LogP contribution in [0.25, 0.3) is 0 Å². The maximum atomic E-state index is 5.59. The van der Waals surface area contributed by atoms with E-state index in [-0.39, 0.29) is 0 Å². The molecule has 0 aliphatic carbocycles. The normalized spacial score (nSPS) is 13.4. The third-order valence-electron chi connectivity index (χ3n) is 0.984. The summed E-state index contributed by atoms with van der Waals surface area (Å²) in [5.41, 5.74) is 5.59. The summed E-state index contributed by atoms with van der Waals surface area (Å²) < 4.78 is 1.36. The Morgan fingerprint density at radius 1 is 1.80 bits per heavy atom. The molecule has 10 heavy (non-hydrogen) atoms. The minimum absolute atomic E-state index is 0.298. The van der Waals surface area contributed by atoms with Crippen molar-refractivity contribution in [1.29, 1.82) is 0 Å². The van der Waals surface area contributed by atoms with E-state index < -0.39 is 0 Å². The molecule has 3 heteroatoms. The molecule has 2 N–H and O–H groups in total. The van der Waals surface area contributed by atoms with Crippen LogP contribution in [0.15, 0.2) is 21.7 Å².